The van der Waals surface area contributed by atoms with Crippen molar-refractivity contribution < 1.29 is 4.74 Å². The van der Waals surface area contributed by atoms with Crippen molar-refractivity contribution in [2.45, 2.75) is 33.1 Å². The molecular formula is C22H27N5O. The molecule has 0 saturated carbocycles. The molecule has 0 aliphatic heterocycles. The quantitative estimate of drug-likeness (QED) is 0.576. The summed E-state index contributed by atoms with van der Waals surface area (Å²) in [4.78, 5) is 4.56. The van der Waals surface area contributed by atoms with Gasteiger partial charge in [0.1, 0.15) is 5.75 Å². The number of hydrogen-bond acceptors (Lipinski definition) is 6. The first-order valence-corrected chi connectivity index (χ1v) is 9.67. The lowest BCUT2D eigenvalue weighted by molar-refractivity contribution is 0.414. The summed E-state index contributed by atoms with van der Waals surface area (Å²) >= 11 is 0. The second kappa shape index (κ2) is 9.69. The van der Waals surface area contributed by atoms with Crippen LogP contribution in [-0.2, 0) is 19.3 Å². The van der Waals surface area contributed by atoms with Gasteiger partial charge in [-0.15, -0.1) is 5.10 Å². The highest BCUT2D eigenvalue weighted by atomic mass is 16.5. The lowest BCUT2D eigenvalue weighted by atomic mass is 10.0. The van der Waals surface area contributed by atoms with Gasteiger partial charge in [-0.25, -0.2) is 0 Å². The Morgan fingerprint density at radius 1 is 0.964 bits per heavy atom. The molecular weight excluding hydrogens is 350 g/mol. The summed E-state index contributed by atoms with van der Waals surface area (Å²) < 4.78 is 5.19. The van der Waals surface area contributed by atoms with Crippen LogP contribution in [-0.4, -0.2) is 28.8 Å². The third kappa shape index (κ3) is 4.97. The maximum atomic E-state index is 5.19. The van der Waals surface area contributed by atoms with Crippen molar-refractivity contribution >= 4 is 17.5 Å². The van der Waals surface area contributed by atoms with Crippen LogP contribution in [0.1, 0.15) is 30.5 Å². The molecule has 3 aromatic rings. The molecule has 0 bridgehead atoms. The molecule has 1 heterocycles. The highest BCUT2D eigenvalue weighted by Crippen LogP contribution is 2.25. The van der Waals surface area contributed by atoms with Crippen molar-refractivity contribution in [3.05, 3.63) is 65.4 Å². The van der Waals surface area contributed by atoms with E-state index in [0.717, 1.165) is 37.2 Å². The van der Waals surface area contributed by atoms with Crippen LogP contribution in [0.25, 0.3) is 0 Å². The van der Waals surface area contributed by atoms with Crippen molar-refractivity contribution in [2.75, 3.05) is 24.3 Å². The van der Waals surface area contributed by atoms with E-state index in [9.17, 15) is 0 Å². The second-order valence-electron chi connectivity index (χ2n) is 6.47. The Balaban J connectivity index is 1.64. The highest BCUT2D eigenvalue weighted by molar-refractivity contribution is 5.64. The van der Waals surface area contributed by atoms with E-state index in [1.165, 1.54) is 16.7 Å². The largest absolute Gasteiger partial charge is 0.497 e. The van der Waals surface area contributed by atoms with Crippen LogP contribution >= 0.6 is 0 Å². The minimum absolute atomic E-state index is 0.505. The maximum Gasteiger partial charge on any atom is 0.249 e. The molecule has 3 rings (SSSR count). The van der Waals surface area contributed by atoms with Gasteiger partial charge in [0, 0.05) is 12.2 Å². The molecule has 2 N–H and O–H groups in total. The lowest BCUT2D eigenvalue weighted by Gasteiger charge is -2.14. The monoisotopic (exact) mass is 377 g/mol. The van der Waals surface area contributed by atoms with Crippen molar-refractivity contribution in [3.63, 3.8) is 0 Å². The van der Waals surface area contributed by atoms with Crippen molar-refractivity contribution in [1.82, 2.24) is 15.2 Å². The fourth-order valence-electron chi connectivity index (χ4n) is 3.08. The molecule has 0 saturated heterocycles. The molecule has 0 atom stereocenters. The number of ether oxygens (including phenoxy) is 1. The standard InChI is InChI=1S/C22H27N5O/c1-4-17-7-6-8-18(5-2)21(17)26-22-25-20(15-24-27-22)23-14-13-16-9-11-19(28-3)12-10-16/h6-12,15H,4-5,13-14H2,1-3H3,(H2,23,25,26,27). The van der Waals surface area contributed by atoms with Crippen molar-refractivity contribution in [1.29, 1.82) is 0 Å². The molecule has 0 amide bonds. The molecule has 1 aromatic heterocycles. The highest BCUT2D eigenvalue weighted by Gasteiger charge is 2.09. The van der Waals surface area contributed by atoms with Gasteiger partial charge in [-0.2, -0.15) is 10.1 Å². The molecule has 2 aromatic carbocycles. The van der Waals surface area contributed by atoms with Crippen molar-refractivity contribution in [2.24, 2.45) is 0 Å². The molecule has 0 aliphatic rings. The molecule has 6 nitrogen and oxygen atoms in total. The summed E-state index contributed by atoms with van der Waals surface area (Å²) in [7, 11) is 1.67. The zero-order chi connectivity index (χ0) is 19.8. The van der Waals surface area contributed by atoms with Crippen LogP contribution in [0.5, 0.6) is 5.75 Å². The van der Waals surface area contributed by atoms with Gasteiger partial charge < -0.3 is 15.4 Å². The first-order valence-electron chi connectivity index (χ1n) is 9.67. The van der Waals surface area contributed by atoms with E-state index in [4.69, 9.17) is 4.74 Å². The summed E-state index contributed by atoms with van der Waals surface area (Å²) in [6.07, 6.45) is 4.42. The van der Waals surface area contributed by atoms with E-state index >= 15 is 0 Å². The van der Waals surface area contributed by atoms with Crippen molar-refractivity contribution in [3.8, 4) is 5.75 Å². The van der Waals surface area contributed by atoms with Crippen LogP contribution in [0.4, 0.5) is 17.5 Å². The van der Waals surface area contributed by atoms with Gasteiger partial charge >= 0.3 is 0 Å². The fraction of sp³-hybridized carbons (Fsp3) is 0.318. The Morgan fingerprint density at radius 2 is 1.68 bits per heavy atom. The number of anilines is 3. The molecule has 28 heavy (non-hydrogen) atoms. The van der Waals surface area contributed by atoms with Crippen LogP contribution in [0.2, 0.25) is 0 Å². The SMILES string of the molecule is CCc1cccc(CC)c1Nc1nncc(NCCc2ccc(OC)cc2)n1. The van der Waals surface area contributed by atoms with E-state index in [1.54, 1.807) is 13.3 Å². The summed E-state index contributed by atoms with van der Waals surface area (Å²) in [6, 6.07) is 14.4. The number of benzene rings is 2. The van der Waals surface area contributed by atoms with Gasteiger partial charge in [-0.1, -0.05) is 44.2 Å². The zero-order valence-electron chi connectivity index (χ0n) is 16.7. The average molecular weight is 377 g/mol. The summed E-state index contributed by atoms with van der Waals surface area (Å²) in [6.45, 7) is 5.06. The van der Waals surface area contributed by atoms with Gasteiger partial charge in [-0.05, 0) is 48.1 Å². The van der Waals surface area contributed by atoms with Crippen LogP contribution < -0.4 is 15.4 Å². The number of hydrogen-bond donors (Lipinski definition) is 2. The van der Waals surface area contributed by atoms with Crippen LogP contribution in [0.3, 0.4) is 0 Å². The number of aromatic nitrogens is 3. The van der Waals surface area contributed by atoms with Gasteiger partial charge in [0.15, 0.2) is 5.82 Å². The molecule has 0 unspecified atom stereocenters. The van der Waals surface area contributed by atoms with E-state index < -0.39 is 0 Å². The van der Waals surface area contributed by atoms with E-state index in [0.29, 0.717) is 11.8 Å². The third-order valence-corrected chi connectivity index (χ3v) is 4.67. The predicted molar refractivity (Wildman–Crippen MR) is 113 cm³/mol. The topological polar surface area (TPSA) is 72.0 Å². The number of aryl methyl sites for hydroxylation is 2. The van der Waals surface area contributed by atoms with Gasteiger partial charge in [-0.3, -0.25) is 0 Å². The maximum absolute atomic E-state index is 5.19. The predicted octanol–water partition coefficient (Wildman–Crippen LogP) is 4.40. The Bertz CT molecular complexity index is 873. The number of para-hydroxylation sites is 1. The van der Waals surface area contributed by atoms with E-state index in [1.807, 2.05) is 12.1 Å². The second-order valence-corrected chi connectivity index (χ2v) is 6.47. The normalized spacial score (nSPS) is 10.5. The van der Waals surface area contributed by atoms with Gasteiger partial charge in [0.25, 0.3) is 0 Å². The fourth-order valence-corrected chi connectivity index (χ4v) is 3.08. The summed E-state index contributed by atoms with van der Waals surface area (Å²) in [5.74, 6) is 2.08. The molecule has 0 radical (unpaired) electrons. The van der Waals surface area contributed by atoms with Crippen LogP contribution in [0.15, 0.2) is 48.7 Å². The molecule has 6 heteroatoms. The summed E-state index contributed by atoms with van der Waals surface area (Å²) in [5, 5.41) is 14.9. The molecule has 0 fully saturated rings. The Hall–Kier alpha value is -3.15. The number of nitrogens with one attached hydrogen (secondary N) is 2. The lowest BCUT2D eigenvalue weighted by Crippen LogP contribution is -2.09. The zero-order valence-corrected chi connectivity index (χ0v) is 16.7. The average Bonchev–Trinajstić information content (AvgIpc) is 2.74. The number of methoxy groups -OCH3 is 1. The molecule has 0 aliphatic carbocycles. The smallest absolute Gasteiger partial charge is 0.249 e. The Morgan fingerprint density at radius 3 is 2.32 bits per heavy atom. The number of rotatable bonds is 9. The first kappa shape index (κ1) is 19.6. The summed E-state index contributed by atoms with van der Waals surface area (Å²) in [5.41, 5.74) is 4.82. The van der Waals surface area contributed by atoms with Crippen LogP contribution in [0, 0.1) is 0 Å². The Labute approximate surface area is 166 Å². The van der Waals surface area contributed by atoms with Gasteiger partial charge in [0.2, 0.25) is 5.95 Å². The number of nitrogens with zero attached hydrogens (tertiary/aromatic N) is 3. The molecule has 0 spiro atoms. The minimum Gasteiger partial charge on any atom is -0.497 e. The first-order chi connectivity index (χ1) is 13.7. The third-order valence-electron chi connectivity index (χ3n) is 4.67. The van der Waals surface area contributed by atoms with E-state index in [-0.39, 0.29) is 0 Å². The molecule has 146 valence electrons. The van der Waals surface area contributed by atoms with E-state index in [2.05, 4.69) is 70.0 Å². The van der Waals surface area contributed by atoms with Gasteiger partial charge in [0.05, 0.1) is 13.3 Å². The Kier molecular flexibility index (Phi) is 6.78. The minimum atomic E-state index is 0.505.